The van der Waals surface area contributed by atoms with Gasteiger partial charge in [0.05, 0.1) is 6.26 Å². The molecule has 0 heterocycles. The number of rotatable bonds is 4. The van der Waals surface area contributed by atoms with Crippen molar-refractivity contribution >= 4 is 27.3 Å². The van der Waals surface area contributed by atoms with Gasteiger partial charge in [0.1, 0.15) is 0 Å². The zero-order chi connectivity index (χ0) is 17.3. The summed E-state index contributed by atoms with van der Waals surface area (Å²) in [7, 11) is -3.50. The third-order valence-corrected chi connectivity index (χ3v) is 3.38. The first-order valence-electron chi connectivity index (χ1n) is 5.93. The highest BCUT2D eigenvalue weighted by molar-refractivity contribution is 7.92. The van der Waals surface area contributed by atoms with Gasteiger partial charge < -0.3 is 10.4 Å². The van der Waals surface area contributed by atoms with E-state index in [-0.39, 0.29) is 11.4 Å². The van der Waals surface area contributed by atoms with Gasteiger partial charge in [-0.05, 0) is 37.6 Å². The molecule has 1 amide bonds. The Kier molecular flexibility index (Phi) is 4.78. The molecule has 124 valence electrons. The lowest BCUT2D eigenvalue weighted by Gasteiger charge is -2.25. The van der Waals surface area contributed by atoms with Crippen LogP contribution in [0.2, 0.25) is 0 Å². The summed E-state index contributed by atoms with van der Waals surface area (Å²) in [6, 6.07) is 3.83. The van der Waals surface area contributed by atoms with Gasteiger partial charge in [0.2, 0.25) is 15.6 Å². The Hall–Kier alpha value is -1.81. The average Bonchev–Trinajstić information content (AvgIpc) is 2.28. The molecule has 0 saturated heterocycles. The molecule has 0 fully saturated rings. The number of sulfonamides is 1. The minimum Gasteiger partial charge on any atom is -0.373 e. The number of carbonyl (C=O) groups is 1. The molecule has 1 atom stereocenters. The molecule has 0 aliphatic carbocycles. The number of halogens is 3. The molecule has 0 spiro atoms. The van der Waals surface area contributed by atoms with Crippen molar-refractivity contribution in [1.29, 1.82) is 0 Å². The standard InChI is InChI=1S/C12H15F3N2O4S/c1-7-6-8(17-22(3,20)21)4-5-9(7)16-10(18)11(2,19)12(13,14)15/h4-6,17,19H,1-3H3,(H,16,18). The van der Waals surface area contributed by atoms with Crippen LogP contribution in [0.5, 0.6) is 0 Å². The van der Waals surface area contributed by atoms with Crippen molar-refractivity contribution in [2.24, 2.45) is 0 Å². The molecule has 0 aliphatic rings. The average molecular weight is 340 g/mol. The minimum atomic E-state index is -5.12. The molecule has 1 unspecified atom stereocenters. The number of amides is 1. The molecule has 1 aromatic rings. The van der Waals surface area contributed by atoms with E-state index < -0.39 is 27.7 Å². The zero-order valence-corrected chi connectivity index (χ0v) is 12.8. The summed E-state index contributed by atoms with van der Waals surface area (Å²) in [6.07, 6.45) is -4.18. The Morgan fingerprint density at radius 2 is 1.82 bits per heavy atom. The summed E-state index contributed by atoms with van der Waals surface area (Å²) in [4.78, 5) is 11.6. The maximum absolute atomic E-state index is 12.5. The third-order valence-electron chi connectivity index (χ3n) is 2.77. The largest absolute Gasteiger partial charge is 0.426 e. The second kappa shape index (κ2) is 5.76. The Morgan fingerprint density at radius 1 is 1.27 bits per heavy atom. The maximum Gasteiger partial charge on any atom is 0.426 e. The Balaban J connectivity index is 2.99. The number of aryl methyl sites for hydroxylation is 1. The molecule has 0 radical (unpaired) electrons. The van der Waals surface area contributed by atoms with Crippen LogP contribution in [0.25, 0.3) is 0 Å². The molecule has 10 heteroatoms. The Morgan fingerprint density at radius 3 is 2.23 bits per heavy atom. The SMILES string of the molecule is Cc1cc(NS(C)(=O)=O)ccc1NC(=O)C(C)(O)C(F)(F)F. The molecule has 1 aromatic carbocycles. The smallest absolute Gasteiger partial charge is 0.373 e. The number of nitrogens with one attached hydrogen (secondary N) is 2. The molecular formula is C12H15F3N2O4S. The molecule has 6 nitrogen and oxygen atoms in total. The van der Waals surface area contributed by atoms with Gasteiger partial charge in [0, 0.05) is 11.4 Å². The van der Waals surface area contributed by atoms with E-state index >= 15 is 0 Å². The van der Waals surface area contributed by atoms with Gasteiger partial charge in [-0.2, -0.15) is 13.2 Å². The normalized spacial score (nSPS) is 15.0. The van der Waals surface area contributed by atoms with E-state index in [0.29, 0.717) is 12.5 Å². The highest BCUT2D eigenvalue weighted by atomic mass is 32.2. The van der Waals surface area contributed by atoms with Crippen LogP contribution in [0, 0.1) is 6.92 Å². The molecule has 22 heavy (non-hydrogen) atoms. The quantitative estimate of drug-likeness (QED) is 0.776. The summed E-state index contributed by atoms with van der Waals surface area (Å²) >= 11 is 0. The van der Waals surface area contributed by atoms with Crippen molar-refractivity contribution in [1.82, 2.24) is 0 Å². The van der Waals surface area contributed by atoms with E-state index in [4.69, 9.17) is 0 Å². The topological polar surface area (TPSA) is 95.5 Å². The predicted octanol–water partition coefficient (Wildman–Crippen LogP) is 1.62. The van der Waals surface area contributed by atoms with Crippen LogP contribution in [0.1, 0.15) is 12.5 Å². The van der Waals surface area contributed by atoms with Crippen molar-refractivity contribution in [2.75, 3.05) is 16.3 Å². The van der Waals surface area contributed by atoms with Crippen LogP contribution < -0.4 is 10.0 Å². The van der Waals surface area contributed by atoms with E-state index in [1.165, 1.54) is 25.1 Å². The van der Waals surface area contributed by atoms with Crippen LogP contribution in [0.15, 0.2) is 18.2 Å². The predicted molar refractivity (Wildman–Crippen MR) is 75.0 cm³/mol. The monoisotopic (exact) mass is 340 g/mol. The zero-order valence-electron chi connectivity index (χ0n) is 11.9. The Bertz CT molecular complexity index is 684. The summed E-state index contributed by atoms with van der Waals surface area (Å²) in [5.74, 6) is -1.63. The van der Waals surface area contributed by atoms with Crippen LogP contribution in [0.3, 0.4) is 0 Å². The summed E-state index contributed by atoms with van der Waals surface area (Å²) in [5.41, 5.74) is -3.00. The minimum absolute atomic E-state index is 0.0218. The van der Waals surface area contributed by atoms with Crippen molar-refractivity contribution in [3.63, 3.8) is 0 Å². The summed E-state index contributed by atoms with van der Waals surface area (Å²) in [6.45, 7) is 1.81. The first-order valence-corrected chi connectivity index (χ1v) is 7.82. The fourth-order valence-electron chi connectivity index (χ4n) is 1.45. The van der Waals surface area contributed by atoms with Gasteiger partial charge in [-0.1, -0.05) is 0 Å². The number of hydrogen-bond acceptors (Lipinski definition) is 4. The second-order valence-corrected chi connectivity index (χ2v) is 6.68. The van der Waals surface area contributed by atoms with E-state index in [0.717, 1.165) is 6.26 Å². The lowest BCUT2D eigenvalue weighted by atomic mass is 10.1. The van der Waals surface area contributed by atoms with Crippen LogP contribution in [-0.4, -0.2) is 37.5 Å². The summed E-state index contributed by atoms with van der Waals surface area (Å²) in [5, 5.41) is 11.2. The molecule has 3 N–H and O–H groups in total. The van der Waals surface area contributed by atoms with Crippen molar-refractivity contribution < 1.29 is 31.5 Å². The van der Waals surface area contributed by atoms with E-state index in [9.17, 15) is 31.5 Å². The van der Waals surface area contributed by atoms with Gasteiger partial charge in [0.25, 0.3) is 5.91 Å². The third kappa shape index (κ3) is 4.34. The van der Waals surface area contributed by atoms with Crippen molar-refractivity contribution in [2.45, 2.75) is 25.6 Å². The number of alkyl halides is 3. The lowest BCUT2D eigenvalue weighted by Crippen LogP contribution is -2.52. The van der Waals surface area contributed by atoms with Gasteiger partial charge in [0.15, 0.2) is 0 Å². The molecule has 0 aliphatic heterocycles. The number of hydrogen-bond donors (Lipinski definition) is 3. The first-order chi connectivity index (χ1) is 9.74. The lowest BCUT2D eigenvalue weighted by molar-refractivity contribution is -0.242. The number of carbonyl (C=O) groups excluding carboxylic acids is 1. The molecule has 0 saturated carbocycles. The van der Waals surface area contributed by atoms with Gasteiger partial charge in [-0.15, -0.1) is 0 Å². The van der Waals surface area contributed by atoms with Crippen LogP contribution in [-0.2, 0) is 14.8 Å². The molecular weight excluding hydrogens is 325 g/mol. The molecule has 0 aromatic heterocycles. The fraction of sp³-hybridized carbons (Fsp3) is 0.417. The van der Waals surface area contributed by atoms with Crippen molar-refractivity contribution in [3.8, 4) is 0 Å². The van der Waals surface area contributed by atoms with Crippen LogP contribution >= 0.6 is 0 Å². The second-order valence-electron chi connectivity index (χ2n) is 4.93. The maximum atomic E-state index is 12.5. The van der Waals surface area contributed by atoms with Crippen molar-refractivity contribution in [3.05, 3.63) is 23.8 Å². The molecule has 0 bridgehead atoms. The van der Waals surface area contributed by atoms with Crippen LogP contribution in [0.4, 0.5) is 24.5 Å². The molecule has 1 rings (SSSR count). The first kappa shape index (κ1) is 18.2. The highest BCUT2D eigenvalue weighted by Gasteiger charge is 2.55. The highest BCUT2D eigenvalue weighted by Crippen LogP contribution is 2.31. The fourth-order valence-corrected chi connectivity index (χ4v) is 2.01. The van der Waals surface area contributed by atoms with Gasteiger partial charge >= 0.3 is 6.18 Å². The number of benzene rings is 1. The van der Waals surface area contributed by atoms with Gasteiger partial charge in [-0.3, -0.25) is 9.52 Å². The van der Waals surface area contributed by atoms with E-state index in [2.05, 4.69) is 4.72 Å². The number of aliphatic hydroxyl groups is 1. The van der Waals surface area contributed by atoms with Gasteiger partial charge in [-0.25, -0.2) is 8.42 Å². The number of anilines is 2. The Labute approximate surface area is 125 Å². The van der Waals surface area contributed by atoms with E-state index in [1.807, 2.05) is 5.32 Å². The summed E-state index contributed by atoms with van der Waals surface area (Å²) < 4.78 is 62.0. The van der Waals surface area contributed by atoms with E-state index in [1.54, 1.807) is 0 Å².